The molecule has 2 aromatic heterocycles. The van der Waals surface area contributed by atoms with E-state index in [1.165, 1.54) is 0 Å². The molecule has 0 radical (unpaired) electrons. The van der Waals surface area contributed by atoms with Crippen LogP contribution in [0.4, 0.5) is 0 Å². The number of aromatic nitrogens is 2. The first kappa shape index (κ1) is 16.3. The van der Waals surface area contributed by atoms with E-state index in [4.69, 9.17) is 4.74 Å². The number of hydrogen-bond acceptors (Lipinski definition) is 4. The van der Waals surface area contributed by atoms with Crippen LogP contribution in [0, 0.1) is 0 Å². The van der Waals surface area contributed by atoms with Crippen LogP contribution in [-0.2, 0) is 0 Å². The maximum absolute atomic E-state index is 12.6. The Hall–Kier alpha value is -2.60. The Morgan fingerprint density at radius 3 is 2.92 bits per heavy atom. The lowest BCUT2D eigenvalue weighted by Crippen LogP contribution is -2.31. The largest absolute Gasteiger partial charge is 0.493 e. The maximum Gasteiger partial charge on any atom is 0.255 e. The number of nitrogens with one attached hydrogen (secondary N) is 1. The molecule has 5 nitrogen and oxygen atoms in total. The number of para-hydroxylation sites is 1. The lowest BCUT2D eigenvalue weighted by molar-refractivity contribution is 0.0945. The maximum atomic E-state index is 12.6. The van der Waals surface area contributed by atoms with Gasteiger partial charge in [0.2, 0.25) is 0 Å². The predicted octanol–water partition coefficient (Wildman–Crippen LogP) is 3.36. The van der Waals surface area contributed by atoms with Gasteiger partial charge in [0.1, 0.15) is 5.75 Å². The number of benzene rings is 1. The molecular weight excluding hydrogens is 322 g/mol. The van der Waals surface area contributed by atoms with E-state index >= 15 is 0 Å². The van der Waals surface area contributed by atoms with E-state index in [1.807, 2.05) is 47.4 Å². The lowest BCUT2D eigenvalue weighted by Gasteiger charge is -2.18. The van der Waals surface area contributed by atoms with Crippen molar-refractivity contribution in [3.05, 3.63) is 70.7 Å². The number of carbonyl (C=O) groups is 1. The van der Waals surface area contributed by atoms with E-state index in [1.54, 1.807) is 23.6 Å². The topological polar surface area (TPSA) is 56.1 Å². The molecule has 0 aliphatic heterocycles. The molecule has 24 heavy (non-hydrogen) atoms. The van der Waals surface area contributed by atoms with E-state index in [-0.39, 0.29) is 11.9 Å². The van der Waals surface area contributed by atoms with Crippen molar-refractivity contribution in [2.45, 2.75) is 13.0 Å². The van der Waals surface area contributed by atoms with E-state index in [0.29, 0.717) is 24.5 Å². The van der Waals surface area contributed by atoms with Gasteiger partial charge in [0.25, 0.3) is 5.91 Å². The summed E-state index contributed by atoms with van der Waals surface area (Å²) < 4.78 is 7.39. The number of nitrogens with zero attached hydrogens (tertiary/aromatic N) is 2. The molecule has 124 valence electrons. The van der Waals surface area contributed by atoms with Gasteiger partial charge in [-0.15, -0.1) is 0 Å². The van der Waals surface area contributed by atoms with E-state index < -0.39 is 0 Å². The first-order valence-corrected chi connectivity index (χ1v) is 8.75. The first-order valence-electron chi connectivity index (χ1n) is 7.81. The van der Waals surface area contributed by atoms with E-state index in [0.717, 1.165) is 5.56 Å². The molecule has 1 N–H and O–H groups in total. The van der Waals surface area contributed by atoms with Crippen molar-refractivity contribution < 1.29 is 9.53 Å². The van der Waals surface area contributed by atoms with Gasteiger partial charge in [-0.1, -0.05) is 12.1 Å². The van der Waals surface area contributed by atoms with Crippen molar-refractivity contribution in [2.75, 3.05) is 13.2 Å². The number of carbonyl (C=O) groups excluding carboxylic acids is 1. The number of hydrogen-bond donors (Lipinski definition) is 1. The highest BCUT2D eigenvalue weighted by Crippen LogP contribution is 2.21. The molecule has 1 aromatic carbocycles. The molecule has 6 heteroatoms. The third kappa shape index (κ3) is 3.65. The molecule has 1 atom stereocenters. The van der Waals surface area contributed by atoms with Gasteiger partial charge >= 0.3 is 0 Å². The molecule has 3 rings (SSSR count). The van der Waals surface area contributed by atoms with Crippen LogP contribution in [0.15, 0.2) is 59.6 Å². The molecule has 0 fully saturated rings. The van der Waals surface area contributed by atoms with Crippen LogP contribution >= 0.6 is 11.3 Å². The molecular formula is C18H19N3O2S. The molecule has 0 saturated heterocycles. The summed E-state index contributed by atoms with van der Waals surface area (Å²) in [6, 6.07) is 11.2. The average Bonchev–Trinajstić information content (AvgIpc) is 3.30. The Morgan fingerprint density at radius 1 is 1.33 bits per heavy atom. The number of thiophene rings is 1. The van der Waals surface area contributed by atoms with Crippen molar-refractivity contribution in [1.29, 1.82) is 0 Å². The van der Waals surface area contributed by atoms with Crippen LogP contribution in [0.5, 0.6) is 5.75 Å². The Morgan fingerprint density at radius 2 is 2.21 bits per heavy atom. The lowest BCUT2D eigenvalue weighted by atomic mass is 10.1. The van der Waals surface area contributed by atoms with Gasteiger partial charge in [0, 0.05) is 18.9 Å². The average molecular weight is 341 g/mol. The molecule has 0 saturated carbocycles. The fraction of sp³-hybridized carbons (Fsp3) is 0.222. The van der Waals surface area contributed by atoms with E-state index in [9.17, 15) is 4.79 Å². The molecule has 0 unspecified atom stereocenters. The van der Waals surface area contributed by atoms with Gasteiger partial charge in [-0.3, -0.25) is 9.48 Å². The third-order valence-electron chi connectivity index (χ3n) is 3.66. The molecule has 2 heterocycles. The third-order valence-corrected chi connectivity index (χ3v) is 4.36. The van der Waals surface area contributed by atoms with Gasteiger partial charge < -0.3 is 10.1 Å². The monoisotopic (exact) mass is 341 g/mol. The molecule has 0 aliphatic rings. The second-order valence-electron chi connectivity index (χ2n) is 5.20. The van der Waals surface area contributed by atoms with Crippen LogP contribution in [0.2, 0.25) is 0 Å². The van der Waals surface area contributed by atoms with Crippen molar-refractivity contribution in [1.82, 2.24) is 15.1 Å². The Labute approximate surface area is 144 Å². The van der Waals surface area contributed by atoms with Crippen molar-refractivity contribution in [3.63, 3.8) is 0 Å². The Balaban J connectivity index is 1.74. The molecule has 1 amide bonds. The fourth-order valence-electron chi connectivity index (χ4n) is 2.51. The summed E-state index contributed by atoms with van der Waals surface area (Å²) in [5, 5.41) is 11.4. The standard InChI is InChI=1S/C18H19N3O2S/c1-2-23-17-7-4-3-6-15(17)18(22)19-12-16(14-8-11-24-13-14)21-10-5-9-20-21/h3-11,13,16H,2,12H2,1H3,(H,19,22)/t16-/m0/s1. The predicted molar refractivity (Wildman–Crippen MR) is 94.6 cm³/mol. The van der Waals surface area contributed by atoms with E-state index in [2.05, 4.69) is 21.9 Å². The summed E-state index contributed by atoms with van der Waals surface area (Å²) in [7, 11) is 0. The minimum atomic E-state index is -0.147. The molecule has 0 aliphatic carbocycles. The summed E-state index contributed by atoms with van der Waals surface area (Å²) >= 11 is 1.63. The zero-order chi connectivity index (χ0) is 16.8. The van der Waals surface area contributed by atoms with Gasteiger partial charge in [-0.2, -0.15) is 16.4 Å². The zero-order valence-corrected chi connectivity index (χ0v) is 14.2. The SMILES string of the molecule is CCOc1ccccc1C(=O)NC[C@@H](c1ccsc1)n1cccn1. The van der Waals surface area contributed by atoms with Gasteiger partial charge in [-0.05, 0) is 47.5 Å². The fourth-order valence-corrected chi connectivity index (χ4v) is 3.22. The van der Waals surface area contributed by atoms with Crippen LogP contribution in [0.3, 0.4) is 0 Å². The molecule has 0 bridgehead atoms. The van der Waals surface area contributed by atoms with Crippen molar-refractivity contribution in [2.24, 2.45) is 0 Å². The van der Waals surface area contributed by atoms with Crippen LogP contribution in [-0.4, -0.2) is 28.8 Å². The molecule has 0 spiro atoms. The van der Waals surface area contributed by atoms with Gasteiger partial charge in [0.15, 0.2) is 0 Å². The van der Waals surface area contributed by atoms with Crippen LogP contribution in [0.25, 0.3) is 0 Å². The number of rotatable bonds is 7. The number of ether oxygens (including phenoxy) is 1. The number of amides is 1. The van der Waals surface area contributed by atoms with Crippen molar-refractivity contribution >= 4 is 17.2 Å². The smallest absolute Gasteiger partial charge is 0.255 e. The summed E-state index contributed by atoms with van der Waals surface area (Å²) in [5.74, 6) is 0.454. The van der Waals surface area contributed by atoms with Crippen molar-refractivity contribution in [3.8, 4) is 5.75 Å². The quantitative estimate of drug-likeness (QED) is 0.717. The summed E-state index contributed by atoms with van der Waals surface area (Å²) in [4.78, 5) is 12.6. The van der Waals surface area contributed by atoms with Crippen LogP contribution in [0.1, 0.15) is 28.9 Å². The zero-order valence-electron chi connectivity index (χ0n) is 13.4. The highest BCUT2D eigenvalue weighted by Gasteiger charge is 2.18. The Bertz CT molecular complexity index is 735. The highest BCUT2D eigenvalue weighted by atomic mass is 32.1. The first-order chi connectivity index (χ1) is 11.8. The second kappa shape index (κ2) is 7.79. The normalized spacial score (nSPS) is 11.9. The summed E-state index contributed by atoms with van der Waals surface area (Å²) in [6.07, 6.45) is 3.65. The van der Waals surface area contributed by atoms with Gasteiger partial charge in [-0.25, -0.2) is 0 Å². The summed E-state index contributed by atoms with van der Waals surface area (Å²) in [6.45, 7) is 2.88. The summed E-state index contributed by atoms with van der Waals surface area (Å²) in [5.41, 5.74) is 1.67. The molecule has 3 aromatic rings. The minimum Gasteiger partial charge on any atom is -0.493 e. The highest BCUT2D eigenvalue weighted by molar-refractivity contribution is 7.07. The Kier molecular flexibility index (Phi) is 5.28. The van der Waals surface area contributed by atoms with Crippen LogP contribution < -0.4 is 10.1 Å². The van der Waals surface area contributed by atoms with Gasteiger partial charge in [0.05, 0.1) is 18.2 Å². The minimum absolute atomic E-state index is 0.0329. The second-order valence-corrected chi connectivity index (χ2v) is 5.98.